The van der Waals surface area contributed by atoms with Gasteiger partial charge >= 0.3 is 17.1 Å². The maximum atomic E-state index is 8.84. The third-order valence-corrected chi connectivity index (χ3v) is 0. The second-order valence-corrected chi connectivity index (χ2v) is 4.63. The van der Waals surface area contributed by atoms with Crippen molar-refractivity contribution < 1.29 is 43.0 Å². The minimum atomic E-state index is -4.44. The quantitative estimate of drug-likeness (QED) is 0.333. The smallest absolute Gasteiger partial charge is 0.735 e. The van der Waals surface area contributed by atoms with Gasteiger partial charge < -0.3 is 9.11 Å². The van der Waals surface area contributed by atoms with E-state index in [-0.39, 0.29) is 17.1 Å². The molecule has 11 heavy (non-hydrogen) atoms. The first-order valence-corrected chi connectivity index (χ1v) is 5.78. The minimum Gasteiger partial charge on any atom is -0.735 e. The van der Waals surface area contributed by atoms with Gasteiger partial charge in [-0.2, -0.15) is 0 Å². The molecule has 0 radical (unpaired) electrons. The molecule has 0 atom stereocenters. The molecule has 0 aromatic heterocycles. The molecule has 0 unspecified atom stereocenters. The summed E-state index contributed by atoms with van der Waals surface area (Å²) in [4.78, 5) is 0. The summed E-state index contributed by atoms with van der Waals surface area (Å²) in [5.74, 6) is 0. The topological polar surface area (TPSA) is 114 Å². The molecule has 0 heterocycles. The van der Waals surface area contributed by atoms with Crippen LogP contribution in [0, 0.1) is 0 Å². The SMILES string of the molecule is O=S(=O)([O-])Cl.O=S(=O)([O-])Cl.[Fe+2]. The van der Waals surface area contributed by atoms with E-state index in [0.29, 0.717) is 0 Å². The van der Waals surface area contributed by atoms with Gasteiger partial charge in [0.05, 0.1) is 0 Å². The molecule has 0 saturated carbocycles. The van der Waals surface area contributed by atoms with Crippen LogP contribution in [0.1, 0.15) is 0 Å². The predicted molar refractivity (Wildman–Crippen MR) is 31.1 cm³/mol. The van der Waals surface area contributed by atoms with Crippen LogP contribution in [0.4, 0.5) is 0 Å². The molecule has 0 aliphatic carbocycles. The minimum absolute atomic E-state index is 0. The molecule has 0 rings (SSSR count). The summed E-state index contributed by atoms with van der Waals surface area (Å²) < 4.78 is 53.1. The number of halogens is 2. The Morgan fingerprint density at radius 2 is 0.818 bits per heavy atom. The Hall–Kier alpha value is 0.919. The van der Waals surface area contributed by atoms with Gasteiger partial charge in [0.2, 0.25) is 0 Å². The molecule has 0 amide bonds. The average Bonchev–Trinajstić information content (AvgIpc) is 1.12. The van der Waals surface area contributed by atoms with E-state index in [9.17, 15) is 0 Å². The fourth-order valence-corrected chi connectivity index (χ4v) is 0. The predicted octanol–water partition coefficient (Wildman–Crippen LogP) is -0.632. The van der Waals surface area contributed by atoms with E-state index in [1.165, 1.54) is 0 Å². The van der Waals surface area contributed by atoms with Gasteiger partial charge in [0.25, 0.3) is 0 Å². The molecule has 0 aromatic rings. The molecule has 0 aliphatic heterocycles. The van der Waals surface area contributed by atoms with Crippen LogP contribution in [-0.2, 0) is 35.7 Å². The van der Waals surface area contributed by atoms with E-state index in [0.717, 1.165) is 0 Å². The Morgan fingerprint density at radius 3 is 0.818 bits per heavy atom. The maximum absolute atomic E-state index is 8.84. The van der Waals surface area contributed by atoms with Gasteiger partial charge in [-0.3, -0.25) is 0 Å². The fourth-order valence-electron chi connectivity index (χ4n) is 0. The van der Waals surface area contributed by atoms with Crippen molar-refractivity contribution >= 4 is 40.0 Å². The van der Waals surface area contributed by atoms with Gasteiger partial charge in [-0.1, -0.05) is 0 Å². The normalized spacial score (nSPS) is 10.5. The molecule has 0 saturated heterocycles. The van der Waals surface area contributed by atoms with Gasteiger partial charge in [-0.25, -0.2) is 16.8 Å². The van der Waals surface area contributed by atoms with Crippen LogP contribution in [0.25, 0.3) is 0 Å². The van der Waals surface area contributed by atoms with Gasteiger partial charge in [0, 0.05) is 21.4 Å². The van der Waals surface area contributed by atoms with Crippen LogP contribution < -0.4 is 0 Å². The van der Waals surface area contributed by atoms with Crippen molar-refractivity contribution in [1.29, 1.82) is 0 Å². The largest absolute Gasteiger partial charge is 2.00 e. The molecule has 0 N–H and O–H groups in total. The number of rotatable bonds is 0. The van der Waals surface area contributed by atoms with E-state index < -0.39 is 18.7 Å². The van der Waals surface area contributed by atoms with E-state index >= 15 is 0 Å². The second-order valence-electron chi connectivity index (χ2n) is 0.786. The molecule has 0 aliphatic rings. The first-order valence-electron chi connectivity index (χ1n) is 1.31. The summed E-state index contributed by atoms with van der Waals surface area (Å²) in [6.45, 7) is 0. The monoisotopic (exact) mass is 286 g/mol. The molecule has 0 bridgehead atoms. The van der Waals surface area contributed by atoms with E-state index in [1.807, 2.05) is 0 Å². The molecule has 70 valence electrons. The Labute approximate surface area is 82.8 Å². The fraction of sp³-hybridized carbons (Fsp3) is 0. The summed E-state index contributed by atoms with van der Waals surface area (Å²) in [5.41, 5.74) is 0. The molecule has 11 heteroatoms. The Morgan fingerprint density at radius 1 is 0.818 bits per heavy atom. The average molecular weight is 287 g/mol. The van der Waals surface area contributed by atoms with E-state index in [4.69, 9.17) is 25.9 Å². The van der Waals surface area contributed by atoms with Crippen molar-refractivity contribution in [3.05, 3.63) is 0 Å². The van der Waals surface area contributed by atoms with Crippen LogP contribution in [-0.4, -0.2) is 25.9 Å². The van der Waals surface area contributed by atoms with Gasteiger partial charge in [-0.15, -0.1) is 0 Å². The Balaban J connectivity index is -0.000000107. The van der Waals surface area contributed by atoms with Crippen LogP contribution >= 0.6 is 21.4 Å². The second kappa shape index (κ2) is 6.44. The van der Waals surface area contributed by atoms with Gasteiger partial charge in [0.1, 0.15) is 0 Å². The molecule has 0 aromatic carbocycles. The molecule has 0 spiro atoms. The molecular formula is Cl2FeO6S2. The van der Waals surface area contributed by atoms with Crippen LogP contribution in [0.15, 0.2) is 0 Å². The third-order valence-electron chi connectivity index (χ3n) is 0. The summed E-state index contributed by atoms with van der Waals surface area (Å²) in [5, 5.41) is 0. The number of hydrogen-bond donors (Lipinski definition) is 0. The molecule has 0 fully saturated rings. The zero-order valence-electron chi connectivity index (χ0n) is 4.38. The Kier molecular flexibility index (Phi) is 10.5. The zero-order valence-corrected chi connectivity index (χ0v) is 8.62. The standard InChI is InChI=1S/2ClHO3S.Fe/c2*1-5(2,3)4;/h2*(H,2,3,4);/q;;+2/p-2. The first kappa shape index (κ1) is 17.9. The summed E-state index contributed by atoms with van der Waals surface area (Å²) >= 11 is 0. The maximum Gasteiger partial charge on any atom is 2.00 e. The third kappa shape index (κ3) is 1030. The van der Waals surface area contributed by atoms with Gasteiger partial charge in [-0.05, 0) is 0 Å². The van der Waals surface area contributed by atoms with Crippen LogP contribution in [0.5, 0.6) is 0 Å². The van der Waals surface area contributed by atoms with Crippen molar-refractivity contribution in [2.45, 2.75) is 0 Å². The zero-order chi connectivity index (χ0) is 9.00. The van der Waals surface area contributed by atoms with E-state index in [2.05, 4.69) is 21.4 Å². The summed E-state index contributed by atoms with van der Waals surface area (Å²) in [7, 11) is -0.995. The summed E-state index contributed by atoms with van der Waals surface area (Å²) in [6, 6.07) is 0. The van der Waals surface area contributed by atoms with Crippen molar-refractivity contribution in [2.24, 2.45) is 0 Å². The Bertz CT molecular complexity index is 215. The first-order chi connectivity index (χ1) is 4.00. The van der Waals surface area contributed by atoms with Crippen molar-refractivity contribution in [3.63, 3.8) is 0 Å². The molecule has 6 nitrogen and oxygen atoms in total. The number of hydrogen-bond acceptors (Lipinski definition) is 6. The van der Waals surface area contributed by atoms with Crippen LogP contribution in [0.3, 0.4) is 0 Å². The summed E-state index contributed by atoms with van der Waals surface area (Å²) in [6.07, 6.45) is 0. The van der Waals surface area contributed by atoms with Crippen molar-refractivity contribution in [3.8, 4) is 0 Å². The van der Waals surface area contributed by atoms with E-state index in [1.54, 1.807) is 0 Å². The molecular weight excluding hydrogens is 287 g/mol. The van der Waals surface area contributed by atoms with Crippen molar-refractivity contribution in [2.75, 3.05) is 0 Å². The van der Waals surface area contributed by atoms with Crippen molar-refractivity contribution in [1.82, 2.24) is 0 Å². The van der Waals surface area contributed by atoms with Gasteiger partial charge in [0.15, 0.2) is 18.7 Å². The van der Waals surface area contributed by atoms with Crippen LogP contribution in [0.2, 0.25) is 0 Å².